The summed E-state index contributed by atoms with van der Waals surface area (Å²) < 4.78 is 76.7. The van der Waals surface area contributed by atoms with E-state index in [1.54, 1.807) is 31.2 Å². The van der Waals surface area contributed by atoms with E-state index in [1.165, 1.54) is 12.1 Å². The Morgan fingerprint density at radius 3 is 2.45 bits per heavy atom. The first-order valence-corrected chi connectivity index (χ1v) is 11.8. The van der Waals surface area contributed by atoms with E-state index in [9.17, 15) is 21.6 Å². The summed E-state index contributed by atoms with van der Waals surface area (Å²) in [6, 6.07) is 11.3. The van der Waals surface area contributed by atoms with Gasteiger partial charge in [-0.1, -0.05) is 53.0 Å². The van der Waals surface area contributed by atoms with E-state index in [4.69, 9.17) is 27.9 Å². The number of hydrogen-bond donors (Lipinski definition) is 0. The highest BCUT2D eigenvalue weighted by atomic mass is 35.5. The van der Waals surface area contributed by atoms with Crippen molar-refractivity contribution in [2.24, 2.45) is 0 Å². The van der Waals surface area contributed by atoms with E-state index >= 15 is 0 Å². The van der Waals surface area contributed by atoms with Crippen LogP contribution in [0.25, 0.3) is 11.1 Å². The zero-order chi connectivity index (χ0) is 24.1. The van der Waals surface area contributed by atoms with Gasteiger partial charge >= 0.3 is 6.18 Å². The minimum Gasteiger partial charge on any atom is -0.484 e. The third-order valence-corrected chi connectivity index (χ3v) is 7.57. The lowest BCUT2D eigenvalue weighted by Crippen LogP contribution is -2.12. The van der Waals surface area contributed by atoms with Crippen molar-refractivity contribution in [3.8, 4) is 16.9 Å². The summed E-state index contributed by atoms with van der Waals surface area (Å²) in [7, 11) is -3.04. The highest BCUT2D eigenvalue weighted by Crippen LogP contribution is 2.49. The minimum absolute atomic E-state index is 0.0279. The lowest BCUT2D eigenvalue weighted by Gasteiger charge is -2.18. The number of alkyl halides is 3. The van der Waals surface area contributed by atoms with Crippen molar-refractivity contribution >= 4 is 33.3 Å². The van der Waals surface area contributed by atoms with Gasteiger partial charge in [0.05, 0.1) is 22.7 Å². The topological polar surface area (TPSA) is 52.6 Å². The fourth-order valence-electron chi connectivity index (χ4n) is 3.85. The summed E-state index contributed by atoms with van der Waals surface area (Å²) in [4.78, 5) is -0.105. The number of fused-ring (bicyclic) bond motifs is 1. The third-order valence-electron chi connectivity index (χ3n) is 5.40. The van der Waals surface area contributed by atoms with Crippen LogP contribution in [0.15, 0.2) is 53.4 Å². The van der Waals surface area contributed by atoms with E-state index in [0.29, 0.717) is 5.56 Å². The number of aryl methyl sites for hydroxylation is 1. The van der Waals surface area contributed by atoms with Crippen LogP contribution in [-0.4, -0.2) is 15.5 Å². The highest BCUT2D eigenvalue weighted by molar-refractivity contribution is 7.86. The Bertz CT molecular complexity index is 1350. The van der Waals surface area contributed by atoms with Gasteiger partial charge in [-0.05, 0) is 36.8 Å². The molecule has 1 aliphatic rings. The van der Waals surface area contributed by atoms with Crippen molar-refractivity contribution in [3.05, 3.63) is 80.8 Å². The van der Waals surface area contributed by atoms with Gasteiger partial charge in [0.1, 0.15) is 16.7 Å². The van der Waals surface area contributed by atoms with Gasteiger partial charge in [0.15, 0.2) is 0 Å². The van der Waals surface area contributed by atoms with Crippen LogP contribution in [0.4, 0.5) is 13.2 Å². The van der Waals surface area contributed by atoms with Gasteiger partial charge in [-0.2, -0.15) is 21.6 Å². The molecule has 4 rings (SSSR count). The van der Waals surface area contributed by atoms with Gasteiger partial charge < -0.3 is 4.74 Å². The average Bonchev–Trinajstić information content (AvgIpc) is 3.18. The average molecular weight is 517 g/mol. The Balaban J connectivity index is 1.90. The SMILES string of the molecule is COS(=O)(=O)c1ccc(C)cc1C1Cc2cc(C(F)(F)F)cc(-c3cccc(Cl)c3Cl)c2O1. The Labute approximate surface area is 199 Å². The molecule has 0 bridgehead atoms. The van der Waals surface area contributed by atoms with Gasteiger partial charge in [0.2, 0.25) is 0 Å². The third kappa shape index (κ3) is 4.45. The standard InChI is InChI=1S/C23H17Cl2F3O4S/c1-12-6-7-20(33(29,30)31-2)17(8-12)19-10-13-9-14(23(26,27)28)11-16(22(13)32-19)15-4-3-5-18(24)21(15)25/h3-9,11,19H,10H2,1-2H3. The summed E-state index contributed by atoms with van der Waals surface area (Å²) in [5.41, 5.74) is 0.867. The lowest BCUT2D eigenvalue weighted by molar-refractivity contribution is -0.137. The molecule has 0 amide bonds. The van der Waals surface area contributed by atoms with Gasteiger partial charge in [0.25, 0.3) is 10.1 Å². The van der Waals surface area contributed by atoms with Crippen LogP contribution in [0.2, 0.25) is 10.0 Å². The van der Waals surface area contributed by atoms with Gasteiger partial charge in [-0.25, -0.2) is 0 Å². The van der Waals surface area contributed by atoms with E-state index < -0.39 is 28.0 Å². The van der Waals surface area contributed by atoms with E-state index in [0.717, 1.165) is 24.8 Å². The first-order valence-electron chi connectivity index (χ1n) is 9.68. The highest BCUT2D eigenvalue weighted by Gasteiger charge is 2.37. The maximum Gasteiger partial charge on any atom is 0.416 e. The zero-order valence-electron chi connectivity index (χ0n) is 17.3. The first kappa shape index (κ1) is 23.9. The Kier molecular flexibility index (Phi) is 6.16. The molecule has 3 aromatic carbocycles. The molecule has 10 heteroatoms. The number of ether oxygens (including phenoxy) is 1. The smallest absolute Gasteiger partial charge is 0.416 e. The molecular formula is C23H17Cl2F3O4S. The van der Waals surface area contributed by atoms with Crippen LogP contribution in [0.3, 0.4) is 0 Å². The van der Waals surface area contributed by atoms with Gasteiger partial charge in [-0.15, -0.1) is 0 Å². The molecule has 0 radical (unpaired) electrons. The predicted octanol–water partition coefficient (Wildman–Crippen LogP) is 7.00. The fourth-order valence-corrected chi connectivity index (χ4v) is 5.14. The van der Waals surface area contributed by atoms with Crippen molar-refractivity contribution in [3.63, 3.8) is 0 Å². The van der Waals surface area contributed by atoms with Crippen LogP contribution in [-0.2, 0) is 26.9 Å². The molecule has 3 aromatic rings. The normalized spacial score (nSPS) is 15.9. The fraction of sp³-hybridized carbons (Fsp3) is 0.217. The summed E-state index contributed by atoms with van der Waals surface area (Å²) in [6.07, 6.45) is -5.43. The molecule has 1 heterocycles. The molecule has 33 heavy (non-hydrogen) atoms. The zero-order valence-corrected chi connectivity index (χ0v) is 19.7. The molecule has 1 aliphatic heterocycles. The molecule has 0 spiro atoms. The lowest BCUT2D eigenvalue weighted by atomic mass is 9.96. The minimum atomic E-state index is -4.61. The molecule has 0 saturated carbocycles. The van der Waals surface area contributed by atoms with Crippen molar-refractivity contribution in [1.29, 1.82) is 0 Å². The summed E-state index contributed by atoms with van der Waals surface area (Å²) in [5.74, 6) is 0.194. The number of hydrogen-bond acceptors (Lipinski definition) is 4. The number of halogens is 5. The van der Waals surface area contributed by atoms with E-state index in [2.05, 4.69) is 4.18 Å². The summed E-state index contributed by atoms with van der Waals surface area (Å²) >= 11 is 12.4. The molecule has 0 aliphatic carbocycles. The molecular weight excluding hydrogens is 500 g/mol. The van der Waals surface area contributed by atoms with Crippen molar-refractivity contribution in [1.82, 2.24) is 0 Å². The molecule has 0 fully saturated rings. The Morgan fingerprint density at radius 1 is 1.06 bits per heavy atom. The molecule has 0 aromatic heterocycles. The van der Waals surface area contributed by atoms with Crippen molar-refractivity contribution < 1.29 is 30.5 Å². The maximum atomic E-state index is 13.7. The van der Waals surface area contributed by atoms with E-state index in [-0.39, 0.29) is 43.8 Å². The summed E-state index contributed by atoms with van der Waals surface area (Å²) in [5, 5.41) is 0.271. The number of benzene rings is 3. The Morgan fingerprint density at radius 2 is 1.79 bits per heavy atom. The molecule has 0 saturated heterocycles. The monoisotopic (exact) mass is 516 g/mol. The quantitative estimate of drug-likeness (QED) is 0.350. The van der Waals surface area contributed by atoms with Crippen LogP contribution in [0.1, 0.15) is 28.4 Å². The molecule has 1 atom stereocenters. The first-order chi connectivity index (χ1) is 15.4. The second-order valence-electron chi connectivity index (χ2n) is 7.58. The van der Waals surface area contributed by atoms with Crippen molar-refractivity contribution in [2.75, 3.05) is 7.11 Å². The second-order valence-corrected chi connectivity index (χ2v) is 10.1. The molecule has 174 valence electrons. The predicted molar refractivity (Wildman–Crippen MR) is 119 cm³/mol. The van der Waals surface area contributed by atoms with Crippen molar-refractivity contribution in [2.45, 2.75) is 30.5 Å². The van der Waals surface area contributed by atoms with Gasteiger partial charge in [0, 0.05) is 23.1 Å². The van der Waals surface area contributed by atoms with Gasteiger partial charge in [-0.3, -0.25) is 4.18 Å². The van der Waals surface area contributed by atoms with Crippen LogP contribution < -0.4 is 4.74 Å². The largest absolute Gasteiger partial charge is 0.484 e. The van der Waals surface area contributed by atoms with Crippen LogP contribution in [0, 0.1) is 6.92 Å². The molecule has 0 N–H and O–H groups in total. The Hall–Kier alpha value is -2.26. The molecule has 1 unspecified atom stereocenters. The number of rotatable bonds is 4. The van der Waals surface area contributed by atoms with E-state index in [1.807, 2.05) is 0 Å². The molecule has 4 nitrogen and oxygen atoms in total. The van der Waals surface area contributed by atoms with Crippen LogP contribution >= 0.6 is 23.2 Å². The maximum absolute atomic E-state index is 13.7. The van der Waals surface area contributed by atoms with Crippen LogP contribution in [0.5, 0.6) is 5.75 Å². The summed E-state index contributed by atoms with van der Waals surface area (Å²) in [6.45, 7) is 1.77. The second kappa shape index (κ2) is 8.51.